The molecule has 2 fully saturated rings. The first kappa shape index (κ1) is 23.0. The van der Waals surface area contributed by atoms with Crippen LogP contribution < -0.4 is 4.90 Å². The molecule has 1 aliphatic carbocycles. The van der Waals surface area contributed by atoms with E-state index in [0.29, 0.717) is 31.1 Å². The van der Waals surface area contributed by atoms with Gasteiger partial charge in [-0.05, 0) is 38.2 Å². The van der Waals surface area contributed by atoms with Crippen molar-refractivity contribution >= 4 is 11.8 Å². The Morgan fingerprint density at radius 1 is 1.31 bits per heavy atom. The summed E-state index contributed by atoms with van der Waals surface area (Å²) in [6.07, 6.45) is 3.09. The van der Waals surface area contributed by atoms with Crippen LogP contribution in [0.4, 0.5) is 5.82 Å². The second-order valence-electron chi connectivity index (χ2n) is 10.4. The van der Waals surface area contributed by atoms with E-state index in [1.807, 2.05) is 0 Å². The first-order chi connectivity index (χ1) is 15.2. The summed E-state index contributed by atoms with van der Waals surface area (Å²) in [5, 5.41) is 10.2. The lowest BCUT2D eigenvalue weighted by molar-refractivity contribution is -0.141. The smallest absolute Gasteiger partial charge is 0.302 e. The third kappa shape index (κ3) is 4.77. The van der Waals surface area contributed by atoms with Crippen LogP contribution in [0.5, 0.6) is 0 Å². The number of hydrogen-bond acceptors (Lipinski definition) is 7. The number of carbonyl (C=O) groups is 1. The second kappa shape index (κ2) is 8.99. The van der Waals surface area contributed by atoms with Crippen LogP contribution in [0.2, 0.25) is 0 Å². The minimum atomic E-state index is -0.270. The average Bonchev–Trinajstić information content (AvgIpc) is 3.57. The molecule has 2 aliphatic heterocycles. The Morgan fingerprint density at radius 3 is 2.69 bits per heavy atom. The topological polar surface area (TPSA) is 78.7 Å². The van der Waals surface area contributed by atoms with E-state index in [4.69, 9.17) is 14.5 Å². The average molecular weight is 441 g/mol. The molecule has 0 spiro atoms. The summed E-state index contributed by atoms with van der Waals surface area (Å²) in [7, 11) is 0. The predicted octanol–water partition coefficient (Wildman–Crippen LogP) is 3.39. The lowest BCUT2D eigenvalue weighted by Crippen LogP contribution is -2.56. The molecule has 1 saturated carbocycles. The van der Waals surface area contributed by atoms with Gasteiger partial charge in [0.1, 0.15) is 18.5 Å². The second-order valence-corrected chi connectivity index (χ2v) is 10.4. The fourth-order valence-corrected chi connectivity index (χ4v) is 5.08. The molecule has 3 heterocycles. The zero-order chi connectivity index (χ0) is 23.0. The van der Waals surface area contributed by atoms with Crippen LogP contribution in [0.15, 0.2) is 0 Å². The number of fused-ring (bicyclic) bond motifs is 1. The molecule has 1 aromatic heterocycles. The van der Waals surface area contributed by atoms with Gasteiger partial charge in [0, 0.05) is 57.0 Å². The summed E-state index contributed by atoms with van der Waals surface area (Å²) in [6.45, 7) is 14.3. The van der Waals surface area contributed by atoms with E-state index in [0.717, 1.165) is 60.8 Å². The van der Waals surface area contributed by atoms with Crippen molar-refractivity contribution in [2.45, 2.75) is 78.0 Å². The van der Waals surface area contributed by atoms with E-state index < -0.39 is 0 Å². The molecule has 7 heteroatoms. The maximum absolute atomic E-state index is 11.2. The molecule has 174 valence electrons. The number of esters is 1. The molecule has 0 aromatic carbocycles. The van der Waals surface area contributed by atoms with Gasteiger partial charge in [0.25, 0.3) is 0 Å². The highest BCUT2D eigenvalue weighted by atomic mass is 16.5. The Morgan fingerprint density at radius 2 is 2.06 bits per heavy atom. The van der Waals surface area contributed by atoms with E-state index >= 15 is 0 Å². The molecule has 1 aromatic rings. The van der Waals surface area contributed by atoms with Gasteiger partial charge in [-0.2, -0.15) is 5.26 Å². The van der Waals surface area contributed by atoms with Gasteiger partial charge in [-0.1, -0.05) is 13.8 Å². The van der Waals surface area contributed by atoms with E-state index in [2.05, 4.69) is 43.6 Å². The van der Waals surface area contributed by atoms with Gasteiger partial charge >= 0.3 is 5.97 Å². The third-order valence-electron chi connectivity index (χ3n) is 7.00. The van der Waals surface area contributed by atoms with Crippen molar-refractivity contribution in [1.82, 2.24) is 9.88 Å². The van der Waals surface area contributed by atoms with Gasteiger partial charge in [0.2, 0.25) is 0 Å². The summed E-state index contributed by atoms with van der Waals surface area (Å²) in [5.41, 5.74) is 3.93. The largest absolute Gasteiger partial charge is 0.465 e. The SMILES string of the molecule is CC(=O)OCCN1CCN(c2nc(C3CC3)c3c(c2C#N)CC(C)(C)OC3)CC1C(C)C. The minimum Gasteiger partial charge on any atom is -0.465 e. The Labute approximate surface area is 191 Å². The molecule has 1 atom stereocenters. The lowest BCUT2D eigenvalue weighted by Gasteiger charge is -2.44. The predicted molar refractivity (Wildman–Crippen MR) is 123 cm³/mol. The molecule has 3 aliphatic rings. The van der Waals surface area contributed by atoms with Crippen molar-refractivity contribution in [3.8, 4) is 6.07 Å². The number of aromatic nitrogens is 1. The zero-order valence-electron chi connectivity index (χ0n) is 20.1. The highest BCUT2D eigenvalue weighted by molar-refractivity contribution is 5.66. The number of hydrogen-bond donors (Lipinski definition) is 0. The van der Waals surface area contributed by atoms with Crippen molar-refractivity contribution < 1.29 is 14.3 Å². The first-order valence-corrected chi connectivity index (χ1v) is 11.9. The highest BCUT2D eigenvalue weighted by Crippen LogP contribution is 2.45. The number of ether oxygens (including phenoxy) is 2. The summed E-state index contributed by atoms with van der Waals surface area (Å²) in [4.78, 5) is 21.0. The number of nitriles is 1. The number of carbonyl (C=O) groups excluding carboxylic acids is 1. The van der Waals surface area contributed by atoms with Crippen molar-refractivity contribution in [3.05, 3.63) is 22.4 Å². The van der Waals surface area contributed by atoms with Crippen LogP contribution in [-0.2, 0) is 27.3 Å². The van der Waals surface area contributed by atoms with Gasteiger partial charge in [-0.15, -0.1) is 0 Å². The van der Waals surface area contributed by atoms with E-state index in [-0.39, 0.29) is 11.6 Å². The third-order valence-corrected chi connectivity index (χ3v) is 7.00. The van der Waals surface area contributed by atoms with E-state index in [9.17, 15) is 10.1 Å². The van der Waals surface area contributed by atoms with Crippen LogP contribution in [-0.4, -0.2) is 60.3 Å². The number of pyridine rings is 1. The minimum absolute atomic E-state index is 0.235. The van der Waals surface area contributed by atoms with Crippen LogP contribution in [0.1, 0.15) is 75.8 Å². The number of nitrogens with zero attached hydrogens (tertiary/aromatic N) is 4. The molecule has 0 bridgehead atoms. The fraction of sp³-hybridized carbons (Fsp3) is 0.720. The van der Waals surface area contributed by atoms with Gasteiger partial charge in [-0.3, -0.25) is 9.69 Å². The molecule has 0 radical (unpaired) electrons. The highest BCUT2D eigenvalue weighted by Gasteiger charge is 2.38. The van der Waals surface area contributed by atoms with Crippen LogP contribution in [0, 0.1) is 17.2 Å². The monoisotopic (exact) mass is 440 g/mol. The summed E-state index contributed by atoms with van der Waals surface area (Å²) < 4.78 is 11.3. The summed E-state index contributed by atoms with van der Waals surface area (Å²) >= 11 is 0. The molecular formula is C25H36N4O3. The van der Waals surface area contributed by atoms with Gasteiger partial charge in [0.05, 0.1) is 23.5 Å². The first-order valence-electron chi connectivity index (χ1n) is 11.9. The molecular weight excluding hydrogens is 404 g/mol. The molecule has 1 unspecified atom stereocenters. The molecule has 4 rings (SSSR count). The van der Waals surface area contributed by atoms with Gasteiger partial charge in [0.15, 0.2) is 0 Å². The van der Waals surface area contributed by atoms with Crippen LogP contribution in [0.25, 0.3) is 0 Å². The molecule has 7 nitrogen and oxygen atoms in total. The Kier molecular flexibility index (Phi) is 6.46. The van der Waals surface area contributed by atoms with E-state index in [1.165, 1.54) is 19.8 Å². The quantitative estimate of drug-likeness (QED) is 0.627. The molecule has 32 heavy (non-hydrogen) atoms. The Hall–Kier alpha value is -2.17. The molecule has 0 N–H and O–H groups in total. The van der Waals surface area contributed by atoms with Crippen molar-refractivity contribution in [2.75, 3.05) is 37.7 Å². The molecule has 0 amide bonds. The van der Waals surface area contributed by atoms with Gasteiger partial charge in [-0.25, -0.2) is 4.98 Å². The summed E-state index contributed by atoms with van der Waals surface area (Å²) in [5.74, 6) is 1.57. The Bertz CT molecular complexity index is 917. The standard InChI is InChI=1S/C25H36N4O3/c1-16(2)22-14-29(9-8-28(22)10-11-31-17(3)30)24-20(13-26)19-12-25(4,5)32-15-21(19)23(27-24)18-6-7-18/h16,18,22H,6-12,14-15H2,1-5H3. The van der Waals surface area contributed by atoms with Crippen LogP contribution >= 0.6 is 0 Å². The van der Waals surface area contributed by atoms with Crippen molar-refractivity contribution in [3.63, 3.8) is 0 Å². The maximum Gasteiger partial charge on any atom is 0.302 e. The zero-order valence-corrected chi connectivity index (χ0v) is 20.1. The van der Waals surface area contributed by atoms with Gasteiger partial charge < -0.3 is 14.4 Å². The molecule has 1 saturated heterocycles. The lowest BCUT2D eigenvalue weighted by atomic mass is 9.87. The fourth-order valence-electron chi connectivity index (χ4n) is 5.08. The van der Waals surface area contributed by atoms with Crippen molar-refractivity contribution in [1.29, 1.82) is 5.26 Å². The maximum atomic E-state index is 11.2. The van der Waals surface area contributed by atoms with Crippen LogP contribution in [0.3, 0.4) is 0 Å². The number of piperazine rings is 1. The van der Waals surface area contributed by atoms with E-state index in [1.54, 1.807) is 0 Å². The normalized spacial score (nSPS) is 23.0. The van der Waals surface area contributed by atoms with Crippen molar-refractivity contribution in [2.24, 2.45) is 5.92 Å². The number of anilines is 1. The number of rotatable bonds is 6. The Balaban J connectivity index is 1.64. The summed E-state index contributed by atoms with van der Waals surface area (Å²) in [6, 6.07) is 2.83.